The van der Waals surface area contributed by atoms with Crippen molar-refractivity contribution in [1.82, 2.24) is 0 Å². The first-order chi connectivity index (χ1) is 40.0. The second-order valence-electron chi connectivity index (χ2n) is 23.4. The molecule has 0 heterocycles. The summed E-state index contributed by atoms with van der Waals surface area (Å²) < 4.78 is 17.0. The second-order valence-corrected chi connectivity index (χ2v) is 23.4. The van der Waals surface area contributed by atoms with Gasteiger partial charge in [-0.05, 0) is 96.3 Å². The van der Waals surface area contributed by atoms with Gasteiger partial charge < -0.3 is 14.2 Å². The zero-order valence-electron chi connectivity index (χ0n) is 53.8. The molecular weight excluding hydrogens is 997 g/mol. The number of allylic oxidation sites excluding steroid dienone is 14. The lowest BCUT2D eigenvalue weighted by atomic mass is 10.0. The largest absolute Gasteiger partial charge is 0.462 e. The number of rotatable bonds is 64. The van der Waals surface area contributed by atoms with Gasteiger partial charge in [0, 0.05) is 19.3 Å². The van der Waals surface area contributed by atoms with Crippen molar-refractivity contribution in [1.29, 1.82) is 0 Å². The van der Waals surface area contributed by atoms with Crippen LogP contribution in [0.5, 0.6) is 0 Å². The summed E-state index contributed by atoms with van der Waals surface area (Å²) in [5, 5.41) is 0. The molecule has 6 nitrogen and oxygen atoms in total. The molecule has 468 valence electrons. The smallest absolute Gasteiger partial charge is 0.306 e. The van der Waals surface area contributed by atoms with E-state index in [0.717, 1.165) is 96.3 Å². The van der Waals surface area contributed by atoms with Crippen molar-refractivity contribution in [2.45, 2.75) is 361 Å². The normalized spacial score (nSPS) is 12.6. The van der Waals surface area contributed by atoms with Gasteiger partial charge in [-0.3, -0.25) is 14.4 Å². The number of carbonyl (C=O) groups excluding carboxylic acids is 3. The van der Waals surface area contributed by atoms with Gasteiger partial charge in [-0.25, -0.2) is 0 Å². The molecule has 0 saturated heterocycles. The minimum Gasteiger partial charge on any atom is -0.462 e. The van der Waals surface area contributed by atoms with E-state index in [1.54, 1.807) is 0 Å². The Morgan fingerprint density at radius 3 is 0.765 bits per heavy atom. The molecule has 0 aliphatic carbocycles. The number of unbranched alkanes of at least 4 members (excludes halogenated alkanes) is 39. The zero-order valence-corrected chi connectivity index (χ0v) is 53.8. The van der Waals surface area contributed by atoms with Crippen molar-refractivity contribution in [3.8, 4) is 0 Å². The Labute approximate surface area is 503 Å². The summed E-state index contributed by atoms with van der Waals surface area (Å²) in [7, 11) is 0. The van der Waals surface area contributed by atoms with Crippen molar-refractivity contribution in [3.05, 3.63) is 85.1 Å². The summed E-state index contributed by atoms with van der Waals surface area (Å²) in [6.07, 6.45) is 91.8. The van der Waals surface area contributed by atoms with Crippen LogP contribution in [0.1, 0.15) is 355 Å². The summed E-state index contributed by atoms with van der Waals surface area (Å²) in [6, 6.07) is 0. The van der Waals surface area contributed by atoms with Crippen molar-refractivity contribution < 1.29 is 28.6 Å². The third kappa shape index (κ3) is 67.3. The predicted octanol–water partition coefficient (Wildman–Crippen LogP) is 24.2. The van der Waals surface area contributed by atoms with Crippen LogP contribution < -0.4 is 0 Å². The van der Waals surface area contributed by atoms with Gasteiger partial charge in [-0.15, -0.1) is 0 Å². The summed E-state index contributed by atoms with van der Waals surface area (Å²) in [4.78, 5) is 38.4. The Morgan fingerprint density at radius 2 is 0.481 bits per heavy atom. The van der Waals surface area contributed by atoms with E-state index in [1.807, 2.05) is 0 Å². The minimum absolute atomic E-state index is 0.0729. The summed E-state index contributed by atoms with van der Waals surface area (Å²) in [5.74, 6) is -0.859. The standard InChI is InChI=1S/C75H132O6/c1-4-7-10-13-16-19-22-24-26-28-30-32-33-34-35-36-37-38-39-40-41-43-44-46-48-50-53-56-59-62-65-68-74(77)80-71-72(70-79-73(76)67-64-61-58-55-52-21-18-15-12-9-6-3)81-75(78)69-66-63-60-57-54-51-49-47-45-42-31-29-27-25-23-20-17-14-11-8-5-2/h7,10,16,19,24,26,29-32,34-35,37-38,72H,4-6,8-9,11-15,17-18,20-23,25,27-28,33,36,39-71H2,1-3H3/b10-7-,19-16-,26-24-,31-29-,32-30-,35-34-,38-37-. The minimum atomic E-state index is -0.776. The molecule has 0 aliphatic rings. The van der Waals surface area contributed by atoms with Crippen LogP contribution in [0.25, 0.3) is 0 Å². The molecular formula is C75H132O6. The van der Waals surface area contributed by atoms with Crippen LogP contribution in [0.3, 0.4) is 0 Å². The van der Waals surface area contributed by atoms with E-state index in [-0.39, 0.29) is 31.1 Å². The average molecular weight is 1130 g/mol. The quantitative estimate of drug-likeness (QED) is 0.0261. The van der Waals surface area contributed by atoms with E-state index in [0.29, 0.717) is 19.3 Å². The molecule has 0 aromatic heterocycles. The molecule has 0 fully saturated rings. The summed E-state index contributed by atoms with van der Waals surface area (Å²) >= 11 is 0. The van der Waals surface area contributed by atoms with Crippen molar-refractivity contribution in [2.75, 3.05) is 13.2 Å². The highest BCUT2D eigenvalue weighted by molar-refractivity contribution is 5.71. The Morgan fingerprint density at radius 1 is 0.259 bits per heavy atom. The molecule has 0 aromatic carbocycles. The predicted molar refractivity (Wildman–Crippen MR) is 353 cm³/mol. The topological polar surface area (TPSA) is 78.9 Å². The Hall–Kier alpha value is -3.41. The lowest BCUT2D eigenvalue weighted by molar-refractivity contribution is -0.167. The molecule has 1 atom stereocenters. The molecule has 0 amide bonds. The Balaban J connectivity index is 4.20. The van der Waals surface area contributed by atoms with Gasteiger partial charge in [0.1, 0.15) is 13.2 Å². The monoisotopic (exact) mass is 1130 g/mol. The van der Waals surface area contributed by atoms with Gasteiger partial charge in [0.2, 0.25) is 0 Å². The van der Waals surface area contributed by atoms with Gasteiger partial charge in [-0.2, -0.15) is 0 Å². The molecule has 1 unspecified atom stereocenters. The Bertz CT molecular complexity index is 1530. The Kier molecular flexibility index (Phi) is 66.2. The SMILES string of the molecule is CC/C=C\C/C=C\C/C=C\C/C=C\C/C=C\C/C=C\CCCCCCCCCCCCCCC(=O)OCC(COC(=O)CCCCCCCCCCCCC)OC(=O)CCCCCCCCCCC/C=C\CCCCCCCCCC. The number of hydrogen-bond acceptors (Lipinski definition) is 6. The van der Waals surface area contributed by atoms with Gasteiger partial charge in [0.15, 0.2) is 6.10 Å². The second kappa shape index (κ2) is 69.1. The van der Waals surface area contributed by atoms with Crippen LogP contribution >= 0.6 is 0 Å². The van der Waals surface area contributed by atoms with E-state index in [2.05, 4.69) is 106 Å². The van der Waals surface area contributed by atoms with Crippen LogP contribution in [0.4, 0.5) is 0 Å². The van der Waals surface area contributed by atoms with Crippen LogP contribution in [0.15, 0.2) is 85.1 Å². The molecule has 0 N–H and O–H groups in total. The maximum atomic E-state index is 12.9. The van der Waals surface area contributed by atoms with Crippen molar-refractivity contribution in [3.63, 3.8) is 0 Å². The van der Waals surface area contributed by atoms with Gasteiger partial charge in [0.05, 0.1) is 0 Å². The molecule has 0 rings (SSSR count). The van der Waals surface area contributed by atoms with Crippen LogP contribution in [0, 0.1) is 0 Å². The molecule has 81 heavy (non-hydrogen) atoms. The number of esters is 3. The van der Waals surface area contributed by atoms with E-state index in [4.69, 9.17) is 14.2 Å². The lowest BCUT2D eigenvalue weighted by Crippen LogP contribution is -2.30. The first-order valence-electron chi connectivity index (χ1n) is 35.1. The molecule has 6 heteroatoms. The first-order valence-corrected chi connectivity index (χ1v) is 35.1. The fourth-order valence-electron chi connectivity index (χ4n) is 10.2. The van der Waals surface area contributed by atoms with Gasteiger partial charge >= 0.3 is 17.9 Å². The fourth-order valence-corrected chi connectivity index (χ4v) is 10.2. The molecule has 0 saturated carbocycles. The molecule has 0 radical (unpaired) electrons. The molecule has 0 bridgehead atoms. The summed E-state index contributed by atoms with van der Waals surface area (Å²) in [5.41, 5.74) is 0. The van der Waals surface area contributed by atoms with Crippen molar-refractivity contribution in [2.24, 2.45) is 0 Å². The van der Waals surface area contributed by atoms with Gasteiger partial charge in [0.25, 0.3) is 0 Å². The highest BCUT2D eigenvalue weighted by Gasteiger charge is 2.19. The fraction of sp³-hybridized carbons (Fsp3) is 0.773. The molecule has 0 aromatic rings. The number of ether oxygens (including phenoxy) is 3. The van der Waals surface area contributed by atoms with E-state index >= 15 is 0 Å². The highest BCUT2D eigenvalue weighted by atomic mass is 16.6. The van der Waals surface area contributed by atoms with E-state index in [1.165, 1.54) is 218 Å². The number of carbonyl (C=O) groups is 3. The van der Waals surface area contributed by atoms with E-state index < -0.39 is 6.10 Å². The van der Waals surface area contributed by atoms with Crippen LogP contribution in [0.2, 0.25) is 0 Å². The third-order valence-corrected chi connectivity index (χ3v) is 15.4. The summed E-state index contributed by atoms with van der Waals surface area (Å²) in [6.45, 7) is 6.56. The maximum absolute atomic E-state index is 12.9. The lowest BCUT2D eigenvalue weighted by Gasteiger charge is -2.18. The van der Waals surface area contributed by atoms with E-state index in [9.17, 15) is 14.4 Å². The van der Waals surface area contributed by atoms with Crippen LogP contribution in [-0.4, -0.2) is 37.2 Å². The van der Waals surface area contributed by atoms with Crippen LogP contribution in [-0.2, 0) is 28.6 Å². The number of hydrogen-bond donors (Lipinski definition) is 0. The third-order valence-electron chi connectivity index (χ3n) is 15.4. The zero-order chi connectivity index (χ0) is 58.5. The average Bonchev–Trinajstić information content (AvgIpc) is 3.47. The van der Waals surface area contributed by atoms with Crippen molar-refractivity contribution >= 4 is 17.9 Å². The van der Waals surface area contributed by atoms with Gasteiger partial charge in [-0.1, -0.05) is 324 Å². The maximum Gasteiger partial charge on any atom is 0.306 e. The first kappa shape index (κ1) is 77.6. The molecule has 0 spiro atoms. The molecule has 0 aliphatic heterocycles. The highest BCUT2D eigenvalue weighted by Crippen LogP contribution is 2.17.